The predicted molar refractivity (Wildman–Crippen MR) is 49.0 cm³/mol. The fourth-order valence-corrected chi connectivity index (χ4v) is 1.50. The van der Waals surface area contributed by atoms with Gasteiger partial charge in [-0.2, -0.15) is 0 Å². The van der Waals surface area contributed by atoms with Crippen LogP contribution >= 0.6 is 0 Å². The number of rotatable bonds is 1. The minimum atomic E-state index is 0.720. The minimum Gasteiger partial charge on any atom is -0.402 e. The van der Waals surface area contributed by atoms with Crippen molar-refractivity contribution in [1.29, 1.82) is 0 Å². The highest BCUT2D eigenvalue weighted by molar-refractivity contribution is 5.20. The Hall–Kier alpha value is -0.720. The van der Waals surface area contributed by atoms with Crippen LogP contribution in [-0.2, 0) is 0 Å². The van der Waals surface area contributed by atoms with Gasteiger partial charge in [0.25, 0.3) is 0 Å². The second-order valence-corrected chi connectivity index (χ2v) is 3.28. The lowest BCUT2D eigenvalue weighted by molar-refractivity contribution is 0.598. The monoisotopic (exact) mass is 151 g/mol. The van der Waals surface area contributed by atoms with Crippen LogP contribution in [0, 0.1) is 5.92 Å². The summed E-state index contributed by atoms with van der Waals surface area (Å²) in [6.45, 7) is 4.49. The quantitative estimate of drug-likeness (QED) is 0.612. The Labute approximate surface area is 69.0 Å². The molecule has 0 aliphatic heterocycles. The molecule has 0 amide bonds. The van der Waals surface area contributed by atoms with E-state index < -0.39 is 0 Å². The Bertz CT molecular complexity index is 189. The van der Waals surface area contributed by atoms with E-state index in [0.29, 0.717) is 0 Å². The van der Waals surface area contributed by atoms with Gasteiger partial charge in [0.2, 0.25) is 0 Å². The summed E-state index contributed by atoms with van der Waals surface area (Å²) in [5.74, 6) is 0.720. The topological polar surface area (TPSA) is 26.0 Å². The predicted octanol–water partition coefficient (Wildman–Crippen LogP) is 2.60. The molecule has 0 spiro atoms. The summed E-state index contributed by atoms with van der Waals surface area (Å²) in [6, 6.07) is 0. The fraction of sp³-hybridized carbons (Fsp3) is 0.600. The van der Waals surface area contributed by atoms with E-state index in [0.717, 1.165) is 24.5 Å². The second kappa shape index (κ2) is 3.61. The van der Waals surface area contributed by atoms with E-state index in [-0.39, 0.29) is 0 Å². The van der Waals surface area contributed by atoms with Crippen molar-refractivity contribution in [2.75, 3.05) is 0 Å². The summed E-state index contributed by atoms with van der Waals surface area (Å²) in [5.41, 5.74) is 8.29. The normalized spacial score (nSPS) is 25.5. The highest BCUT2D eigenvalue weighted by Crippen LogP contribution is 2.23. The van der Waals surface area contributed by atoms with Crippen LogP contribution < -0.4 is 5.73 Å². The van der Waals surface area contributed by atoms with Gasteiger partial charge in [-0.15, -0.1) is 0 Å². The number of hydrogen-bond donors (Lipinski definition) is 1. The van der Waals surface area contributed by atoms with Gasteiger partial charge >= 0.3 is 0 Å². The molecule has 62 valence electrons. The summed E-state index contributed by atoms with van der Waals surface area (Å²) in [4.78, 5) is 0. The maximum Gasteiger partial charge on any atom is 0.00806 e. The number of allylic oxidation sites excluding steroid dienone is 4. The van der Waals surface area contributed by atoms with Gasteiger partial charge in [-0.3, -0.25) is 0 Å². The molecule has 0 aromatic rings. The SMILES string of the molecule is CCC1=CC=C(N)CCC1C. The molecular weight excluding hydrogens is 134 g/mol. The minimum absolute atomic E-state index is 0.720. The molecule has 0 radical (unpaired) electrons. The van der Waals surface area contributed by atoms with Crippen LogP contribution in [0.1, 0.15) is 33.1 Å². The molecule has 0 saturated heterocycles. The zero-order valence-electron chi connectivity index (χ0n) is 7.43. The summed E-state index contributed by atoms with van der Waals surface area (Å²) in [5, 5.41) is 0. The molecule has 0 aromatic heterocycles. The Morgan fingerprint density at radius 2 is 2.27 bits per heavy atom. The third-order valence-corrected chi connectivity index (χ3v) is 2.42. The summed E-state index contributed by atoms with van der Waals surface area (Å²) in [6.07, 6.45) is 7.67. The van der Waals surface area contributed by atoms with Crippen molar-refractivity contribution >= 4 is 0 Å². The molecule has 1 heteroatoms. The first-order chi connectivity index (χ1) is 5.24. The van der Waals surface area contributed by atoms with Crippen molar-refractivity contribution in [2.24, 2.45) is 11.7 Å². The molecule has 0 saturated carbocycles. The lowest BCUT2D eigenvalue weighted by Gasteiger charge is -2.10. The summed E-state index contributed by atoms with van der Waals surface area (Å²) in [7, 11) is 0. The average Bonchev–Trinajstić information content (AvgIpc) is 2.15. The fourth-order valence-electron chi connectivity index (χ4n) is 1.50. The number of nitrogens with two attached hydrogens (primary N) is 1. The van der Waals surface area contributed by atoms with E-state index in [1.807, 2.05) is 0 Å². The zero-order chi connectivity index (χ0) is 8.27. The van der Waals surface area contributed by atoms with Crippen molar-refractivity contribution in [3.8, 4) is 0 Å². The molecule has 0 aromatic carbocycles. The Kier molecular flexibility index (Phi) is 2.75. The van der Waals surface area contributed by atoms with Crippen LogP contribution in [0.5, 0.6) is 0 Å². The zero-order valence-corrected chi connectivity index (χ0v) is 7.43. The first-order valence-corrected chi connectivity index (χ1v) is 4.39. The van der Waals surface area contributed by atoms with Gasteiger partial charge in [-0.1, -0.05) is 25.5 Å². The van der Waals surface area contributed by atoms with Crippen LogP contribution in [0.15, 0.2) is 23.4 Å². The molecule has 0 bridgehead atoms. The highest BCUT2D eigenvalue weighted by Gasteiger charge is 2.09. The van der Waals surface area contributed by atoms with Gasteiger partial charge in [0.05, 0.1) is 0 Å². The van der Waals surface area contributed by atoms with Gasteiger partial charge < -0.3 is 5.73 Å². The molecule has 0 fully saturated rings. The molecule has 1 nitrogen and oxygen atoms in total. The van der Waals surface area contributed by atoms with Gasteiger partial charge in [0, 0.05) is 5.70 Å². The molecule has 1 atom stereocenters. The highest BCUT2D eigenvalue weighted by atomic mass is 14.6. The van der Waals surface area contributed by atoms with E-state index in [9.17, 15) is 0 Å². The Balaban J connectivity index is 2.72. The summed E-state index contributed by atoms with van der Waals surface area (Å²) < 4.78 is 0. The van der Waals surface area contributed by atoms with Gasteiger partial charge in [0.1, 0.15) is 0 Å². The maximum atomic E-state index is 5.73. The third-order valence-electron chi connectivity index (χ3n) is 2.42. The van der Waals surface area contributed by atoms with E-state index in [4.69, 9.17) is 5.73 Å². The third kappa shape index (κ3) is 2.11. The Morgan fingerprint density at radius 3 is 2.91 bits per heavy atom. The molecule has 11 heavy (non-hydrogen) atoms. The van der Waals surface area contributed by atoms with Crippen molar-refractivity contribution in [3.63, 3.8) is 0 Å². The number of hydrogen-bond acceptors (Lipinski definition) is 1. The van der Waals surface area contributed by atoms with Crippen LogP contribution in [0.3, 0.4) is 0 Å². The smallest absolute Gasteiger partial charge is 0.00806 e. The lowest BCUT2D eigenvalue weighted by Crippen LogP contribution is -1.99. The molecule has 1 unspecified atom stereocenters. The van der Waals surface area contributed by atoms with E-state index in [1.54, 1.807) is 0 Å². The maximum absolute atomic E-state index is 5.73. The lowest BCUT2D eigenvalue weighted by atomic mass is 9.95. The van der Waals surface area contributed by atoms with Crippen molar-refractivity contribution in [1.82, 2.24) is 0 Å². The largest absolute Gasteiger partial charge is 0.402 e. The second-order valence-electron chi connectivity index (χ2n) is 3.28. The van der Waals surface area contributed by atoms with Crippen molar-refractivity contribution in [2.45, 2.75) is 33.1 Å². The van der Waals surface area contributed by atoms with Crippen molar-refractivity contribution < 1.29 is 0 Å². The molecule has 1 aliphatic rings. The average molecular weight is 151 g/mol. The molecule has 0 heterocycles. The van der Waals surface area contributed by atoms with Crippen LogP contribution in [-0.4, -0.2) is 0 Å². The molecule has 2 N–H and O–H groups in total. The molecule has 1 aliphatic carbocycles. The standard InChI is InChI=1S/C10H17N/c1-3-9-5-7-10(11)6-4-8(9)2/h5,7-8H,3-4,6,11H2,1-2H3. The van der Waals surface area contributed by atoms with E-state index >= 15 is 0 Å². The summed E-state index contributed by atoms with van der Waals surface area (Å²) >= 11 is 0. The first-order valence-electron chi connectivity index (χ1n) is 4.39. The van der Waals surface area contributed by atoms with Gasteiger partial charge in [-0.25, -0.2) is 0 Å². The van der Waals surface area contributed by atoms with Crippen LogP contribution in [0.4, 0.5) is 0 Å². The van der Waals surface area contributed by atoms with E-state index in [2.05, 4.69) is 26.0 Å². The first kappa shape index (κ1) is 8.38. The molecular formula is C10H17N. The van der Waals surface area contributed by atoms with Gasteiger partial charge in [0.15, 0.2) is 0 Å². The van der Waals surface area contributed by atoms with Crippen LogP contribution in [0.25, 0.3) is 0 Å². The van der Waals surface area contributed by atoms with E-state index in [1.165, 1.54) is 12.0 Å². The Morgan fingerprint density at radius 1 is 1.55 bits per heavy atom. The van der Waals surface area contributed by atoms with Gasteiger partial charge in [-0.05, 0) is 31.3 Å². The molecule has 1 rings (SSSR count). The van der Waals surface area contributed by atoms with Crippen molar-refractivity contribution in [3.05, 3.63) is 23.4 Å². The van der Waals surface area contributed by atoms with Crippen LogP contribution in [0.2, 0.25) is 0 Å².